The zero-order valence-corrected chi connectivity index (χ0v) is 17.5. The predicted molar refractivity (Wildman–Crippen MR) is 104 cm³/mol. The van der Waals surface area contributed by atoms with Crippen molar-refractivity contribution in [3.63, 3.8) is 0 Å². The molecule has 0 spiro atoms. The van der Waals surface area contributed by atoms with Gasteiger partial charge in [0.15, 0.2) is 5.78 Å². The highest BCUT2D eigenvalue weighted by molar-refractivity contribution is 7.95. The number of carbonyl (C=O) groups is 1. The third-order valence-corrected chi connectivity index (χ3v) is 9.24. The van der Waals surface area contributed by atoms with E-state index in [1.165, 1.54) is 0 Å². The van der Waals surface area contributed by atoms with Gasteiger partial charge >= 0.3 is 0 Å². The third-order valence-electron chi connectivity index (χ3n) is 5.26. The molecule has 0 aromatic heterocycles. The van der Waals surface area contributed by atoms with Crippen molar-refractivity contribution >= 4 is 23.7 Å². The van der Waals surface area contributed by atoms with E-state index in [0.717, 1.165) is 29.2 Å². The van der Waals surface area contributed by atoms with Crippen LogP contribution in [-0.2, 0) is 14.6 Å². The van der Waals surface area contributed by atoms with Gasteiger partial charge in [-0.05, 0) is 61.6 Å². The molecule has 0 aliphatic heterocycles. The quantitative estimate of drug-likeness (QED) is 0.722. The van der Waals surface area contributed by atoms with E-state index in [0.29, 0.717) is 16.2 Å². The lowest BCUT2D eigenvalue weighted by Gasteiger charge is -2.28. The van der Waals surface area contributed by atoms with Crippen molar-refractivity contribution in [2.24, 2.45) is 5.41 Å². The highest BCUT2D eigenvalue weighted by atomic mass is 32.2. The van der Waals surface area contributed by atoms with E-state index in [1.807, 2.05) is 19.9 Å². The zero-order chi connectivity index (χ0) is 18.6. The number of allylic oxidation sites excluding steroid dienone is 4. The molecule has 1 aromatic rings. The Balaban J connectivity index is 2.33. The normalized spacial score (nSPS) is 20.9. The van der Waals surface area contributed by atoms with Crippen LogP contribution >= 0.6 is 0 Å². The number of hydrogen-bond donors (Lipinski definition) is 0. The molecule has 0 N–H and O–H groups in total. The monoisotopic (exact) mass is 374 g/mol. The topological polar surface area (TPSA) is 51.2 Å². The van der Waals surface area contributed by atoms with Gasteiger partial charge in [0.05, 0.1) is 23.3 Å². The lowest BCUT2D eigenvalue weighted by Crippen LogP contribution is -2.33. The minimum atomic E-state index is -3.57. The summed E-state index contributed by atoms with van der Waals surface area (Å²) >= 11 is 0. The van der Waals surface area contributed by atoms with E-state index in [-0.39, 0.29) is 5.78 Å². The molecule has 5 heteroatoms. The number of rotatable bonds is 3. The number of hydrogen-bond acceptors (Lipinski definition) is 3. The van der Waals surface area contributed by atoms with Crippen LogP contribution in [0.3, 0.4) is 0 Å². The Morgan fingerprint density at radius 1 is 1.00 bits per heavy atom. The average molecular weight is 375 g/mol. The molecule has 1 aromatic carbocycles. The molecule has 0 radical (unpaired) electrons. The van der Waals surface area contributed by atoms with Crippen molar-refractivity contribution in [3.05, 3.63) is 51.6 Å². The number of Topliss-reactive ketones (excluding diaryl/α,β-unsaturated/α-hetero) is 1. The summed E-state index contributed by atoms with van der Waals surface area (Å²) in [6.45, 7) is 10.3. The fourth-order valence-electron chi connectivity index (χ4n) is 4.19. The van der Waals surface area contributed by atoms with Gasteiger partial charge in [0.25, 0.3) is 0 Å². The highest BCUT2D eigenvalue weighted by Gasteiger charge is 2.50. The lowest BCUT2D eigenvalue weighted by molar-refractivity contribution is -0.120. The Kier molecular flexibility index (Phi) is 4.24. The van der Waals surface area contributed by atoms with Crippen molar-refractivity contribution in [2.45, 2.75) is 57.6 Å². The molecule has 0 saturated carbocycles. The van der Waals surface area contributed by atoms with Gasteiger partial charge in [-0.25, -0.2) is 8.42 Å². The van der Waals surface area contributed by atoms with Crippen molar-refractivity contribution in [3.8, 4) is 0 Å². The van der Waals surface area contributed by atoms with Crippen LogP contribution in [-0.4, -0.2) is 22.3 Å². The third kappa shape index (κ3) is 2.77. The molecule has 3 rings (SSSR count). The fourth-order valence-corrected chi connectivity index (χ4v) is 8.20. The van der Waals surface area contributed by atoms with Crippen LogP contribution in [0.25, 0.3) is 0 Å². The van der Waals surface area contributed by atoms with Crippen molar-refractivity contribution in [1.29, 1.82) is 0 Å². The minimum Gasteiger partial charge on any atom is -0.294 e. The van der Waals surface area contributed by atoms with Crippen LogP contribution in [0.5, 0.6) is 0 Å². The van der Waals surface area contributed by atoms with Gasteiger partial charge in [-0.2, -0.15) is 0 Å². The van der Waals surface area contributed by atoms with Gasteiger partial charge in [-0.3, -0.25) is 4.79 Å². The Morgan fingerprint density at radius 2 is 1.60 bits per heavy atom. The average Bonchev–Trinajstić information content (AvgIpc) is 2.75. The maximum Gasteiger partial charge on any atom is 0.203 e. The highest BCUT2D eigenvalue weighted by Crippen LogP contribution is 2.53. The Bertz CT molecular complexity index is 898. The fraction of sp³-hybridized carbons (Fsp3) is 0.450. The first-order chi connectivity index (χ1) is 11.5. The number of benzene rings is 1. The molecular formula is C20H26O3SSi. The largest absolute Gasteiger partial charge is 0.294 e. The number of sulfone groups is 1. The van der Waals surface area contributed by atoms with Crippen LogP contribution in [0.1, 0.15) is 33.1 Å². The molecule has 0 heterocycles. The summed E-state index contributed by atoms with van der Waals surface area (Å²) < 4.78 is 26.6. The predicted octanol–water partition coefficient (Wildman–Crippen LogP) is 4.68. The molecule has 0 fully saturated rings. The van der Waals surface area contributed by atoms with E-state index in [4.69, 9.17) is 0 Å². The maximum absolute atomic E-state index is 13.3. The summed E-state index contributed by atoms with van der Waals surface area (Å²) in [6.07, 6.45) is 2.13. The van der Waals surface area contributed by atoms with E-state index in [9.17, 15) is 13.2 Å². The zero-order valence-electron chi connectivity index (χ0n) is 15.6. The second-order valence-corrected chi connectivity index (χ2v) is 15.5. The van der Waals surface area contributed by atoms with Crippen LogP contribution in [0.15, 0.2) is 56.5 Å². The molecule has 0 unspecified atom stereocenters. The molecule has 0 saturated heterocycles. The SMILES string of the molecule is CC1(C)C(=O)C([Si](C)(C)C)=C2CCCC(S(=O)(=O)c3ccccc3)=C21. The van der Waals surface area contributed by atoms with Gasteiger partial charge in [0, 0.05) is 0 Å². The lowest BCUT2D eigenvalue weighted by atomic mass is 9.79. The first kappa shape index (κ1) is 18.3. The van der Waals surface area contributed by atoms with E-state index >= 15 is 0 Å². The van der Waals surface area contributed by atoms with Crippen molar-refractivity contribution < 1.29 is 13.2 Å². The molecule has 0 bridgehead atoms. The second kappa shape index (κ2) is 5.78. The molecule has 2 aliphatic carbocycles. The van der Waals surface area contributed by atoms with Gasteiger partial charge in [0.2, 0.25) is 9.84 Å². The second-order valence-electron chi connectivity index (χ2n) is 8.53. The summed E-state index contributed by atoms with van der Waals surface area (Å²) in [5.74, 6) is 0.138. The first-order valence-electron chi connectivity index (χ1n) is 8.81. The standard InChI is InChI=1S/C20H26O3SSi/c1-20(2)17-15(18(19(20)21)25(3,4)5)12-9-13-16(17)24(22,23)14-10-7-6-8-11-14/h6-8,10-11H,9,12-13H2,1-5H3. The molecule has 3 nitrogen and oxygen atoms in total. The molecule has 2 aliphatic rings. The summed E-state index contributed by atoms with van der Waals surface area (Å²) in [4.78, 5) is 14.0. The van der Waals surface area contributed by atoms with Gasteiger partial charge < -0.3 is 0 Å². The summed E-state index contributed by atoms with van der Waals surface area (Å²) in [5, 5.41) is 0.952. The molecule has 25 heavy (non-hydrogen) atoms. The Hall–Kier alpha value is -1.46. The maximum atomic E-state index is 13.3. The summed E-state index contributed by atoms with van der Waals surface area (Å²) in [6, 6.07) is 8.59. The van der Waals surface area contributed by atoms with Crippen LogP contribution in [0.4, 0.5) is 0 Å². The number of fused-ring (bicyclic) bond motifs is 1. The van der Waals surface area contributed by atoms with Gasteiger partial charge in [-0.1, -0.05) is 37.8 Å². The minimum absolute atomic E-state index is 0.138. The Labute approximate surface area is 151 Å². The smallest absolute Gasteiger partial charge is 0.203 e. The van der Waals surface area contributed by atoms with E-state index < -0.39 is 23.3 Å². The number of carbonyl (C=O) groups excluding carboxylic acids is 1. The molecule has 0 atom stereocenters. The Morgan fingerprint density at radius 3 is 2.16 bits per heavy atom. The van der Waals surface area contributed by atoms with E-state index in [2.05, 4.69) is 19.6 Å². The van der Waals surface area contributed by atoms with E-state index in [1.54, 1.807) is 24.3 Å². The van der Waals surface area contributed by atoms with Gasteiger partial charge in [-0.15, -0.1) is 0 Å². The first-order valence-corrected chi connectivity index (χ1v) is 13.8. The molecular weight excluding hydrogens is 348 g/mol. The van der Waals surface area contributed by atoms with Crippen LogP contribution < -0.4 is 0 Å². The van der Waals surface area contributed by atoms with Crippen molar-refractivity contribution in [1.82, 2.24) is 0 Å². The molecule has 134 valence electrons. The number of ketones is 1. The van der Waals surface area contributed by atoms with Crippen molar-refractivity contribution in [2.75, 3.05) is 0 Å². The summed E-state index contributed by atoms with van der Waals surface area (Å²) in [7, 11) is -5.42. The van der Waals surface area contributed by atoms with Crippen LogP contribution in [0, 0.1) is 5.41 Å². The van der Waals surface area contributed by atoms with Gasteiger partial charge in [0.1, 0.15) is 0 Å². The van der Waals surface area contributed by atoms with Crippen LogP contribution in [0.2, 0.25) is 19.6 Å². The molecule has 0 amide bonds. The summed E-state index contributed by atoms with van der Waals surface area (Å²) in [5.41, 5.74) is 1.09.